The predicted molar refractivity (Wildman–Crippen MR) is 89.5 cm³/mol. The highest BCUT2D eigenvalue weighted by molar-refractivity contribution is 5.94. The SMILES string of the molecule is CC(=O)N1CCC[C@H](COc2ccc(C(=O)NC(C)C)cc2)C1. The molecule has 126 valence electrons. The molecule has 1 aromatic rings. The molecule has 1 saturated heterocycles. The van der Waals surface area contributed by atoms with Crippen LogP contribution >= 0.6 is 0 Å². The molecule has 1 N–H and O–H groups in total. The van der Waals surface area contributed by atoms with Gasteiger partial charge in [-0.3, -0.25) is 9.59 Å². The lowest BCUT2D eigenvalue weighted by Crippen LogP contribution is -2.40. The Bertz CT molecular complexity index is 540. The number of hydrogen-bond acceptors (Lipinski definition) is 3. The number of carbonyl (C=O) groups is 2. The van der Waals surface area contributed by atoms with E-state index in [0.29, 0.717) is 18.1 Å². The molecule has 23 heavy (non-hydrogen) atoms. The van der Waals surface area contributed by atoms with Gasteiger partial charge in [-0.25, -0.2) is 0 Å². The summed E-state index contributed by atoms with van der Waals surface area (Å²) in [7, 11) is 0. The maximum absolute atomic E-state index is 11.9. The summed E-state index contributed by atoms with van der Waals surface area (Å²) in [6, 6.07) is 7.31. The summed E-state index contributed by atoms with van der Waals surface area (Å²) in [6.07, 6.45) is 2.11. The molecule has 0 saturated carbocycles. The van der Waals surface area contributed by atoms with Crippen molar-refractivity contribution in [3.05, 3.63) is 29.8 Å². The van der Waals surface area contributed by atoms with Crippen molar-refractivity contribution < 1.29 is 14.3 Å². The molecule has 2 rings (SSSR count). The molecular weight excluding hydrogens is 292 g/mol. The Morgan fingerprint density at radius 1 is 1.30 bits per heavy atom. The maximum Gasteiger partial charge on any atom is 0.251 e. The molecule has 0 bridgehead atoms. The van der Waals surface area contributed by atoms with Gasteiger partial charge in [-0.15, -0.1) is 0 Å². The maximum atomic E-state index is 11.9. The predicted octanol–water partition coefficient (Wildman–Crippen LogP) is 2.46. The van der Waals surface area contributed by atoms with Crippen molar-refractivity contribution in [3.63, 3.8) is 0 Å². The molecule has 5 heteroatoms. The third-order valence-corrected chi connectivity index (χ3v) is 3.99. The van der Waals surface area contributed by atoms with Crippen molar-refractivity contribution in [2.24, 2.45) is 5.92 Å². The summed E-state index contributed by atoms with van der Waals surface area (Å²) in [5, 5.41) is 2.86. The quantitative estimate of drug-likeness (QED) is 0.907. The van der Waals surface area contributed by atoms with Crippen molar-refractivity contribution in [1.29, 1.82) is 0 Å². The van der Waals surface area contributed by atoms with E-state index in [4.69, 9.17) is 4.74 Å². The molecule has 1 aliphatic rings. The number of nitrogens with zero attached hydrogens (tertiary/aromatic N) is 1. The standard InChI is InChI=1S/C18H26N2O3/c1-13(2)19-18(22)16-6-8-17(9-7-16)23-12-15-5-4-10-20(11-15)14(3)21/h6-9,13,15H,4-5,10-12H2,1-3H3,(H,19,22)/t15-/m0/s1. The molecule has 1 aromatic carbocycles. The Kier molecular flexibility index (Phi) is 6.02. The highest BCUT2D eigenvalue weighted by Crippen LogP contribution is 2.19. The van der Waals surface area contributed by atoms with E-state index in [9.17, 15) is 9.59 Å². The first-order chi connectivity index (χ1) is 11.0. The topological polar surface area (TPSA) is 58.6 Å². The second-order valence-electron chi connectivity index (χ2n) is 6.44. The fraction of sp³-hybridized carbons (Fsp3) is 0.556. The molecule has 1 heterocycles. The number of hydrogen-bond donors (Lipinski definition) is 1. The lowest BCUT2D eigenvalue weighted by molar-refractivity contribution is -0.130. The molecule has 1 aliphatic heterocycles. The van der Waals surface area contributed by atoms with E-state index >= 15 is 0 Å². The molecule has 0 aromatic heterocycles. The smallest absolute Gasteiger partial charge is 0.251 e. The zero-order valence-corrected chi connectivity index (χ0v) is 14.2. The van der Waals surface area contributed by atoms with Crippen LogP contribution in [-0.4, -0.2) is 42.5 Å². The van der Waals surface area contributed by atoms with Crippen LogP contribution in [0.3, 0.4) is 0 Å². The zero-order chi connectivity index (χ0) is 16.8. The highest BCUT2D eigenvalue weighted by Gasteiger charge is 2.22. The molecule has 2 amide bonds. The third kappa shape index (κ3) is 5.27. The first-order valence-corrected chi connectivity index (χ1v) is 8.25. The molecule has 5 nitrogen and oxygen atoms in total. The molecule has 0 aliphatic carbocycles. The van der Waals surface area contributed by atoms with Gasteiger partial charge >= 0.3 is 0 Å². The van der Waals surface area contributed by atoms with Gasteiger partial charge in [0.1, 0.15) is 5.75 Å². The number of amides is 2. The van der Waals surface area contributed by atoms with Crippen LogP contribution in [0.25, 0.3) is 0 Å². The van der Waals surface area contributed by atoms with Crippen LogP contribution in [0, 0.1) is 5.92 Å². The van der Waals surface area contributed by atoms with Gasteiger partial charge in [0, 0.05) is 37.5 Å². The molecule has 1 fully saturated rings. The Labute approximate surface area is 138 Å². The van der Waals surface area contributed by atoms with Crippen molar-refractivity contribution in [3.8, 4) is 5.75 Å². The summed E-state index contributed by atoms with van der Waals surface area (Å²) in [4.78, 5) is 25.2. The number of carbonyl (C=O) groups excluding carboxylic acids is 2. The minimum absolute atomic E-state index is 0.0732. The van der Waals surface area contributed by atoms with E-state index in [1.54, 1.807) is 19.1 Å². The molecule has 0 radical (unpaired) electrons. The Hall–Kier alpha value is -2.04. The van der Waals surface area contributed by atoms with Crippen LogP contribution < -0.4 is 10.1 Å². The van der Waals surface area contributed by atoms with Crippen LogP contribution in [0.5, 0.6) is 5.75 Å². The van der Waals surface area contributed by atoms with Crippen LogP contribution in [0.4, 0.5) is 0 Å². The summed E-state index contributed by atoms with van der Waals surface area (Å²) in [5.74, 6) is 1.19. The summed E-state index contributed by atoms with van der Waals surface area (Å²) < 4.78 is 5.82. The monoisotopic (exact) mass is 318 g/mol. The minimum atomic E-state index is -0.0732. The van der Waals surface area contributed by atoms with E-state index in [1.165, 1.54) is 0 Å². The molecule has 0 unspecified atom stereocenters. The number of rotatable bonds is 5. The van der Waals surface area contributed by atoms with E-state index in [1.807, 2.05) is 30.9 Å². The summed E-state index contributed by atoms with van der Waals surface area (Å²) in [5.41, 5.74) is 0.631. The molecule has 0 spiro atoms. The van der Waals surface area contributed by atoms with Crippen molar-refractivity contribution in [2.75, 3.05) is 19.7 Å². The second kappa shape index (κ2) is 7.99. The van der Waals surface area contributed by atoms with Gasteiger partial charge < -0.3 is 15.0 Å². The van der Waals surface area contributed by atoms with E-state index in [-0.39, 0.29) is 17.9 Å². The van der Waals surface area contributed by atoms with Crippen LogP contribution in [0.15, 0.2) is 24.3 Å². The fourth-order valence-electron chi connectivity index (χ4n) is 2.75. The van der Waals surface area contributed by atoms with Gasteiger partial charge in [-0.2, -0.15) is 0 Å². The van der Waals surface area contributed by atoms with Gasteiger partial charge in [-0.05, 0) is 51.0 Å². The average Bonchev–Trinajstić information content (AvgIpc) is 2.53. The number of piperidine rings is 1. The fourth-order valence-corrected chi connectivity index (χ4v) is 2.75. The number of ether oxygens (including phenoxy) is 1. The van der Waals surface area contributed by atoms with Crippen LogP contribution in [0.1, 0.15) is 44.0 Å². The lowest BCUT2D eigenvalue weighted by atomic mass is 9.99. The van der Waals surface area contributed by atoms with Crippen LogP contribution in [-0.2, 0) is 4.79 Å². The van der Waals surface area contributed by atoms with Crippen molar-refractivity contribution >= 4 is 11.8 Å². The second-order valence-corrected chi connectivity index (χ2v) is 6.44. The largest absolute Gasteiger partial charge is 0.493 e. The van der Waals surface area contributed by atoms with E-state index < -0.39 is 0 Å². The van der Waals surface area contributed by atoms with Crippen molar-refractivity contribution in [2.45, 2.75) is 39.7 Å². The summed E-state index contributed by atoms with van der Waals surface area (Å²) >= 11 is 0. The van der Waals surface area contributed by atoms with Gasteiger partial charge in [0.05, 0.1) is 6.61 Å². The number of benzene rings is 1. The average molecular weight is 318 g/mol. The first-order valence-electron chi connectivity index (χ1n) is 8.25. The van der Waals surface area contributed by atoms with Gasteiger partial charge in [0.15, 0.2) is 0 Å². The van der Waals surface area contributed by atoms with Gasteiger partial charge in [0.25, 0.3) is 5.91 Å². The number of nitrogens with one attached hydrogen (secondary N) is 1. The lowest BCUT2D eigenvalue weighted by Gasteiger charge is -2.31. The Balaban J connectivity index is 1.84. The normalized spacial score (nSPS) is 17.9. The molecular formula is C18H26N2O3. The Morgan fingerprint density at radius 3 is 2.61 bits per heavy atom. The van der Waals surface area contributed by atoms with Gasteiger partial charge in [0.2, 0.25) is 5.91 Å². The van der Waals surface area contributed by atoms with E-state index in [0.717, 1.165) is 31.7 Å². The minimum Gasteiger partial charge on any atom is -0.493 e. The summed E-state index contributed by atoms with van der Waals surface area (Å²) in [6.45, 7) is 7.70. The first kappa shape index (κ1) is 17.3. The van der Waals surface area contributed by atoms with E-state index in [2.05, 4.69) is 5.32 Å². The Morgan fingerprint density at radius 2 is 2.00 bits per heavy atom. The number of likely N-dealkylation sites (tertiary alicyclic amines) is 1. The van der Waals surface area contributed by atoms with Crippen LogP contribution in [0.2, 0.25) is 0 Å². The van der Waals surface area contributed by atoms with Crippen molar-refractivity contribution in [1.82, 2.24) is 10.2 Å². The third-order valence-electron chi connectivity index (χ3n) is 3.99. The molecule has 1 atom stereocenters. The zero-order valence-electron chi connectivity index (χ0n) is 14.2. The highest BCUT2D eigenvalue weighted by atomic mass is 16.5. The van der Waals surface area contributed by atoms with Gasteiger partial charge in [-0.1, -0.05) is 0 Å².